The average Bonchev–Trinajstić information content (AvgIpc) is 2.29. The van der Waals surface area contributed by atoms with Crippen LogP contribution in [0, 0.1) is 0 Å². The van der Waals surface area contributed by atoms with Gasteiger partial charge < -0.3 is 18.4 Å². The van der Waals surface area contributed by atoms with Gasteiger partial charge >= 0.3 is 15.5 Å². The number of rotatable bonds is 6. The quantitative estimate of drug-likeness (QED) is 0.595. The van der Waals surface area contributed by atoms with E-state index in [1.807, 2.05) is 6.92 Å². The second-order valence-corrected chi connectivity index (χ2v) is 4.57. The number of allylic oxidation sites excluding steroid dienone is 1. The summed E-state index contributed by atoms with van der Waals surface area (Å²) >= 11 is 0. The third kappa shape index (κ3) is 15.7. The van der Waals surface area contributed by atoms with Crippen molar-refractivity contribution < 1.29 is 23.2 Å². The highest BCUT2D eigenvalue weighted by atomic mass is 32.1. The molecule has 0 spiro atoms. The molecule has 0 aliphatic rings. The van der Waals surface area contributed by atoms with Gasteiger partial charge in [-0.05, 0) is 13.3 Å². The molecule has 0 atom stereocenters. The summed E-state index contributed by atoms with van der Waals surface area (Å²) in [6.45, 7) is 3.63. The van der Waals surface area contributed by atoms with Crippen LogP contribution in [0.15, 0.2) is 11.6 Å². The van der Waals surface area contributed by atoms with Gasteiger partial charge in [-0.3, -0.25) is 0 Å². The van der Waals surface area contributed by atoms with E-state index in [1.54, 1.807) is 34.3 Å². The van der Waals surface area contributed by atoms with Crippen molar-refractivity contribution in [1.82, 2.24) is 0 Å². The van der Waals surface area contributed by atoms with Crippen LogP contribution in [0.5, 0.6) is 0 Å². The number of aliphatic carboxylic acids is 1. The van der Waals surface area contributed by atoms with E-state index in [0.717, 1.165) is 12.8 Å². The molecule has 0 heterocycles. The Balaban J connectivity index is -0.000000224. The van der Waals surface area contributed by atoms with E-state index >= 15 is 0 Å². The first-order valence-electron chi connectivity index (χ1n) is 4.92. The molecule has 5 nitrogen and oxygen atoms in total. The molecule has 7 heteroatoms. The van der Waals surface area contributed by atoms with Gasteiger partial charge in [-0.25, -0.2) is 4.79 Å². The van der Waals surface area contributed by atoms with E-state index in [1.165, 1.54) is 0 Å². The minimum absolute atomic E-state index is 0. The van der Waals surface area contributed by atoms with Crippen molar-refractivity contribution in [3.05, 3.63) is 11.6 Å². The fourth-order valence-electron chi connectivity index (χ4n) is 0.698. The summed E-state index contributed by atoms with van der Waals surface area (Å²) in [5.74, 6) is -0.816. The Morgan fingerprint density at radius 2 is 1.65 bits per heavy atom. The lowest BCUT2D eigenvalue weighted by Gasteiger charge is -2.02. The number of hydrogen-bond acceptors (Lipinski definition) is 4. The average molecular weight is 283 g/mol. The first-order chi connectivity index (χ1) is 7.53. The van der Waals surface area contributed by atoms with Gasteiger partial charge in [0, 0.05) is 26.9 Å². The van der Waals surface area contributed by atoms with Crippen LogP contribution >= 0.6 is 13.5 Å². The van der Waals surface area contributed by atoms with Crippen LogP contribution in [0.3, 0.4) is 0 Å². The Kier molecular flexibility index (Phi) is 20.2. The van der Waals surface area contributed by atoms with Crippen LogP contribution in [0.4, 0.5) is 0 Å². The molecule has 0 aliphatic heterocycles. The summed E-state index contributed by atoms with van der Waals surface area (Å²) in [6, 6.07) is 0. The van der Waals surface area contributed by atoms with Crippen molar-refractivity contribution >= 4 is 29.0 Å². The summed E-state index contributed by atoms with van der Waals surface area (Å²) in [5, 5.41) is 8.34. The van der Waals surface area contributed by atoms with Gasteiger partial charge in [-0.15, -0.1) is 0 Å². The molecule has 0 aliphatic carbocycles. The van der Waals surface area contributed by atoms with Gasteiger partial charge in [0.15, 0.2) is 0 Å². The van der Waals surface area contributed by atoms with Gasteiger partial charge in [-0.1, -0.05) is 19.4 Å². The molecule has 0 rings (SSSR count). The molecule has 103 valence electrons. The van der Waals surface area contributed by atoms with Gasteiger partial charge in [0.25, 0.3) is 0 Å². The Morgan fingerprint density at radius 1 is 1.24 bits per heavy atom. The molecule has 0 aromatic carbocycles. The van der Waals surface area contributed by atoms with E-state index in [9.17, 15) is 4.79 Å². The first kappa shape index (κ1) is 21.9. The van der Waals surface area contributed by atoms with Crippen molar-refractivity contribution in [3.63, 3.8) is 0 Å². The standard InChI is InChI=1S/C7H12O2.C3H9O3Si.H2S/c1-3-4-5-6(2)7(8)9;1-4-7(5-2)6-3;/h5H,3-4H2,1-2H3,(H,8,9);1-3H3;1H2. The highest BCUT2D eigenvalue weighted by Gasteiger charge is 2.09. The lowest BCUT2D eigenvalue weighted by molar-refractivity contribution is -0.132. The number of hydrogen-bond donors (Lipinski definition) is 1. The van der Waals surface area contributed by atoms with E-state index in [0.29, 0.717) is 5.57 Å². The van der Waals surface area contributed by atoms with Crippen molar-refractivity contribution in [2.75, 3.05) is 21.3 Å². The topological polar surface area (TPSA) is 65.0 Å². The highest BCUT2D eigenvalue weighted by molar-refractivity contribution is 7.59. The van der Waals surface area contributed by atoms with E-state index in [-0.39, 0.29) is 13.5 Å². The maximum Gasteiger partial charge on any atom is 0.576 e. The highest BCUT2D eigenvalue weighted by Crippen LogP contribution is 1.96. The zero-order valence-electron chi connectivity index (χ0n) is 11.1. The second kappa shape index (κ2) is 15.7. The fourth-order valence-corrected chi connectivity index (χ4v) is 1.20. The van der Waals surface area contributed by atoms with Crippen LogP contribution in [0.2, 0.25) is 0 Å². The molecule has 0 fully saturated rings. The van der Waals surface area contributed by atoms with Crippen molar-refractivity contribution in [1.29, 1.82) is 0 Å². The summed E-state index contributed by atoms with van der Waals surface area (Å²) < 4.78 is 14.1. The SMILES string of the molecule is CCCC=C(C)C(=O)O.CO[Si](OC)OC.S. The van der Waals surface area contributed by atoms with E-state index < -0.39 is 15.5 Å². The summed E-state index contributed by atoms with van der Waals surface area (Å²) in [6.07, 6.45) is 3.60. The number of unbranched alkanes of at least 4 members (excludes halogenated alkanes) is 1. The summed E-state index contributed by atoms with van der Waals surface area (Å²) in [5.41, 5.74) is 0.442. The lowest BCUT2D eigenvalue weighted by atomic mass is 10.2. The molecular formula is C10H23O5SSi. The van der Waals surface area contributed by atoms with Gasteiger partial charge in [0.1, 0.15) is 0 Å². The van der Waals surface area contributed by atoms with Crippen molar-refractivity contribution in [2.45, 2.75) is 26.7 Å². The fraction of sp³-hybridized carbons (Fsp3) is 0.700. The molecule has 0 saturated heterocycles. The molecule has 0 amide bonds. The van der Waals surface area contributed by atoms with Gasteiger partial charge in [0.05, 0.1) is 0 Å². The summed E-state index contributed by atoms with van der Waals surface area (Å²) in [7, 11) is 3.31. The van der Waals surface area contributed by atoms with E-state index in [2.05, 4.69) is 0 Å². The van der Waals surface area contributed by atoms with Crippen LogP contribution in [0.25, 0.3) is 0 Å². The molecule has 0 aromatic heterocycles. The molecule has 0 saturated carbocycles. The Labute approximate surface area is 112 Å². The van der Waals surface area contributed by atoms with Crippen LogP contribution in [-0.4, -0.2) is 41.9 Å². The zero-order valence-corrected chi connectivity index (χ0v) is 13.1. The molecule has 1 N–H and O–H groups in total. The number of carboxylic acids is 1. The third-order valence-corrected chi connectivity index (χ3v) is 2.58. The molecular weight excluding hydrogens is 260 g/mol. The Morgan fingerprint density at radius 3 is 1.82 bits per heavy atom. The van der Waals surface area contributed by atoms with Crippen LogP contribution in [-0.2, 0) is 18.1 Å². The number of carbonyl (C=O) groups is 1. The molecule has 17 heavy (non-hydrogen) atoms. The maximum absolute atomic E-state index is 10.1. The van der Waals surface area contributed by atoms with Crippen LogP contribution in [0.1, 0.15) is 26.7 Å². The zero-order chi connectivity index (χ0) is 13.0. The summed E-state index contributed by atoms with van der Waals surface area (Å²) in [4.78, 5) is 10.1. The third-order valence-electron chi connectivity index (χ3n) is 1.58. The van der Waals surface area contributed by atoms with Crippen molar-refractivity contribution in [3.8, 4) is 0 Å². The minimum atomic E-state index is -1.36. The number of carboxylic acid groups (broad SMARTS) is 1. The molecule has 0 aromatic rings. The van der Waals surface area contributed by atoms with Crippen molar-refractivity contribution in [2.24, 2.45) is 0 Å². The van der Waals surface area contributed by atoms with Crippen LogP contribution < -0.4 is 0 Å². The minimum Gasteiger partial charge on any atom is -0.478 e. The van der Waals surface area contributed by atoms with Gasteiger partial charge in [0.2, 0.25) is 0 Å². The predicted octanol–water partition coefficient (Wildman–Crippen LogP) is 1.84. The largest absolute Gasteiger partial charge is 0.576 e. The second-order valence-electron chi connectivity index (χ2n) is 2.84. The Hall–Kier alpha value is -0.343. The Bertz CT molecular complexity index is 201. The molecule has 0 bridgehead atoms. The van der Waals surface area contributed by atoms with Gasteiger partial charge in [-0.2, -0.15) is 13.5 Å². The first-order valence-corrected chi connectivity index (χ1v) is 6.14. The molecule has 1 radical (unpaired) electrons. The normalized spacial score (nSPS) is 10.4. The smallest absolute Gasteiger partial charge is 0.478 e. The van der Waals surface area contributed by atoms with E-state index in [4.69, 9.17) is 18.4 Å². The molecule has 0 unspecified atom stereocenters. The predicted molar refractivity (Wildman–Crippen MR) is 73.5 cm³/mol. The monoisotopic (exact) mass is 283 g/mol. The lowest BCUT2D eigenvalue weighted by Crippen LogP contribution is -2.21. The maximum atomic E-state index is 10.1.